The van der Waals surface area contributed by atoms with Crippen LogP contribution in [0.2, 0.25) is 0 Å². The van der Waals surface area contributed by atoms with Crippen LogP contribution in [0, 0.1) is 0 Å². The number of hydrazine groups is 1. The molecule has 2 heterocycles. The van der Waals surface area contributed by atoms with Crippen molar-refractivity contribution in [3.05, 3.63) is 66.0 Å². The molecule has 1 aromatic carbocycles. The highest BCUT2D eigenvalue weighted by molar-refractivity contribution is 6.10. The number of hydrogen-bond donors (Lipinski definition) is 2. The Hall–Kier alpha value is -3.30. The van der Waals surface area contributed by atoms with Crippen LogP contribution in [0.4, 0.5) is 0 Å². The third-order valence-corrected chi connectivity index (χ3v) is 5.24. The summed E-state index contributed by atoms with van der Waals surface area (Å²) in [5, 5.41) is 3.57. The minimum atomic E-state index is -1.38. The molecule has 170 valence electrons. The zero-order valence-corrected chi connectivity index (χ0v) is 18.1. The summed E-state index contributed by atoms with van der Waals surface area (Å²) in [5.41, 5.74) is 1.43. The maximum absolute atomic E-state index is 13.3. The molecule has 0 spiro atoms. The van der Waals surface area contributed by atoms with E-state index < -0.39 is 29.8 Å². The fourth-order valence-electron chi connectivity index (χ4n) is 3.43. The minimum Gasteiger partial charge on any atom is -0.379 e. The van der Waals surface area contributed by atoms with E-state index in [2.05, 4.69) is 10.3 Å². The minimum absolute atomic E-state index is 0.00807. The van der Waals surface area contributed by atoms with Gasteiger partial charge in [0.2, 0.25) is 0 Å². The van der Waals surface area contributed by atoms with Gasteiger partial charge in [-0.3, -0.25) is 24.4 Å². The number of piperazine rings is 1. The number of pyridine rings is 1. The number of nitrogens with two attached hydrogens (primary N) is 1. The van der Waals surface area contributed by atoms with E-state index in [9.17, 15) is 14.4 Å². The summed E-state index contributed by atoms with van der Waals surface area (Å²) < 4.78 is 5.56. The number of rotatable bonds is 10. The first-order valence-electron chi connectivity index (χ1n) is 10.7. The Balaban J connectivity index is 1.79. The van der Waals surface area contributed by atoms with Gasteiger partial charge in [-0.15, -0.1) is 0 Å². The van der Waals surface area contributed by atoms with E-state index in [1.807, 2.05) is 37.3 Å². The van der Waals surface area contributed by atoms with Crippen LogP contribution >= 0.6 is 0 Å². The van der Waals surface area contributed by atoms with Crippen molar-refractivity contribution in [2.45, 2.75) is 44.9 Å². The van der Waals surface area contributed by atoms with Gasteiger partial charge in [0, 0.05) is 19.3 Å². The Bertz CT molecular complexity index is 909. The molecule has 1 unspecified atom stereocenters. The lowest BCUT2D eigenvalue weighted by molar-refractivity contribution is -0.168. The Morgan fingerprint density at radius 2 is 1.88 bits per heavy atom. The molecule has 1 aliphatic rings. The van der Waals surface area contributed by atoms with Gasteiger partial charge in [-0.2, -0.15) is 0 Å². The molecule has 1 fully saturated rings. The number of ether oxygens (including phenoxy) is 1. The highest BCUT2D eigenvalue weighted by Crippen LogP contribution is 2.19. The summed E-state index contributed by atoms with van der Waals surface area (Å²) in [6, 6.07) is 12.2. The maximum atomic E-state index is 13.3. The van der Waals surface area contributed by atoms with Crippen molar-refractivity contribution in [3.8, 4) is 0 Å². The lowest BCUT2D eigenvalue weighted by atomic mass is 10.0. The van der Waals surface area contributed by atoms with Gasteiger partial charge < -0.3 is 15.0 Å². The Kier molecular flexibility index (Phi) is 8.29. The normalized spacial score (nSPS) is 18.7. The van der Waals surface area contributed by atoms with Crippen molar-refractivity contribution in [2.24, 2.45) is 5.84 Å². The largest absolute Gasteiger partial charge is 0.379 e. The standard InChI is InChI=1S/C23H29N5O4/c1-2-3-13-32-16-19-22(30)27(15-18-11-7-8-12-25-18)20(23(31)28(19)24)21(29)26-14-17-9-5-4-6-10-17/h4-12,19-20H,2-3,13-16,24H2,1H3,(H,26,29)/t19-,20?/m0/s1. The second-order valence-corrected chi connectivity index (χ2v) is 7.58. The van der Waals surface area contributed by atoms with Crippen LogP contribution in [-0.4, -0.2) is 57.9 Å². The fraction of sp³-hybridized carbons (Fsp3) is 0.391. The van der Waals surface area contributed by atoms with Crippen LogP contribution in [-0.2, 0) is 32.2 Å². The lowest BCUT2D eigenvalue weighted by Gasteiger charge is -2.41. The Morgan fingerprint density at radius 3 is 2.56 bits per heavy atom. The summed E-state index contributed by atoms with van der Waals surface area (Å²) in [6.07, 6.45) is 3.37. The van der Waals surface area contributed by atoms with E-state index in [0.717, 1.165) is 23.4 Å². The number of aromatic nitrogens is 1. The van der Waals surface area contributed by atoms with Gasteiger partial charge in [-0.05, 0) is 24.1 Å². The molecular formula is C23H29N5O4. The zero-order chi connectivity index (χ0) is 22.9. The number of benzene rings is 1. The molecule has 9 nitrogen and oxygen atoms in total. The Morgan fingerprint density at radius 1 is 1.12 bits per heavy atom. The summed E-state index contributed by atoms with van der Waals surface area (Å²) in [7, 11) is 0. The van der Waals surface area contributed by atoms with Crippen molar-refractivity contribution in [2.75, 3.05) is 13.2 Å². The van der Waals surface area contributed by atoms with E-state index in [1.165, 1.54) is 4.90 Å². The van der Waals surface area contributed by atoms with Crippen molar-refractivity contribution in [1.82, 2.24) is 20.2 Å². The number of hydrogen-bond acceptors (Lipinski definition) is 6. The lowest BCUT2D eigenvalue weighted by Crippen LogP contribution is -2.70. The van der Waals surface area contributed by atoms with E-state index in [0.29, 0.717) is 12.3 Å². The third-order valence-electron chi connectivity index (χ3n) is 5.24. The number of nitrogens with zero attached hydrogens (tertiary/aromatic N) is 3. The average Bonchev–Trinajstić information content (AvgIpc) is 2.82. The van der Waals surface area contributed by atoms with Crippen LogP contribution in [0.1, 0.15) is 31.0 Å². The number of unbranched alkanes of at least 4 members (excludes halogenated alkanes) is 1. The van der Waals surface area contributed by atoms with Crippen LogP contribution in [0.5, 0.6) is 0 Å². The number of nitrogens with one attached hydrogen (secondary N) is 1. The first-order chi connectivity index (χ1) is 15.5. The molecule has 0 aliphatic carbocycles. The van der Waals surface area contributed by atoms with Gasteiger partial charge in [-0.25, -0.2) is 5.84 Å². The molecule has 32 heavy (non-hydrogen) atoms. The molecule has 9 heteroatoms. The second kappa shape index (κ2) is 11.4. The highest BCUT2D eigenvalue weighted by Gasteiger charge is 2.48. The summed E-state index contributed by atoms with van der Waals surface area (Å²) in [5.74, 6) is 4.28. The third kappa shape index (κ3) is 5.68. The van der Waals surface area contributed by atoms with Crippen molar-refractivity contribution >= 4 is 17.7 Å². The molecule has 1 aromatic heterocycles. The summed E-state index contributed by atoms with van der Waals surface area (Å²) >= 11 is 0. The molecule has 3 amide bonds. The smallest absolute Gasteiger partial charge is 0.269 e. The first-order valence-corrected chi connectivity index (χ1v) is 10.7. The topological polar surface area (TPSA) is 118 Å². The van der Waals surface area contributed by atoms with Gasteiger partial charge in [0.1, 0.15) is 6.04 Å². The maximum Gasteiger partial charge on any atom is 0.269 e. The second-order valence-electron chi connectivity index (χ2n) is 7.58. The van der Waals surface area contributed by atoms with Gasteiger partial charge in [-0.1, -0.05) is 49.7 Å². The van der Waals surface area contributed by atoms with Crippen molar-refractivity contribution in [3.63, 3.8) is 0 Å². The van der Waals surface area contributed by atoms with Crippen LogP contribution in [0.3, 0.4) is 0 Å². The first kappa shape index (κ1) is 23.4. The molecule has 2 atom stereocenters. The quantitative estimate of drug-likeness (QED) is 0.247. The molecule has 0 radical (unpaired) electrons. The number of carbonyl (C=O) groups excluding carboxylic acids is 3. The average molecular weight is 440 g/mol. The van der Waals surface area contributed by atoms with E-state index in [-0.39, 0.29) is 19.7 Å². The highest BCUT2D eigenvalue weighted by atomic mass is 16.5. The van der Waals surface area contributed by atoms with Gasteiger partial charge in [0.15, 0.2) is 6.04 Å². The molecule has 0 bridgehead atoms. The van der Waals surface area contributed by atoms with Crippen molar-refractivity contribution < 1.29 is 19.1 Å². The number of carbonyl (C=O) groups is 3. The molecule has 0 saturated carbocycles. The Labute approximate surface area is 187 Å². The molecule has 3 N–H and O–H groups in total. The van der Waals surface area contributed by atoms with Crippen LogP contribution in [0.25, 0.3) is 0 Å². The molecule has 1 aliphatic heterocycles. The SMILES string of the molecule is CCCCOC[C@H]1C(=O)N(Cc2ccccn2)C(C(=O)NCc2ccccc2)C(=O)N1N. The molecule has 1 saturated heterocycles. The zero-order valence-electron chi connectivity index (χ0n) is 18.1. The van der Waals surface area contributed by atoms with Crippen LogP contribution in [0.15, 0.2) is 54.7 Å². The van der Waals surface area contributed by atoms with Crippen molar-refractivity contribution in [1.29, 1.82) is 0 Å². The molecular weight excluding hydrogens is 410 g/mol. The molecule has 2 aromatic rings. The van der Waals surface area contributed by atoms with E-state index in [1.54, 1.807) is 24.4 Å². The molecule has 3 rings (SSSR count). The predicted octanol–water partition coefficient (Wildman–Crippen LogP) is 0.996. The number of amides is 3. The van der Waals surface area contributed by atoms with Gasteiger partial charge in [0.05, 0.1) is 18.8 Å². The summed E-state index contributed by atoms with van der Waals surface area (Å²) in [4.78, 5) is 44.9. The van der Waals surface area contributed by atoms with Crippen LogP contribution < -0.4 is 11.2 Å². The summed E-state index contributed by atoms with van der Waals surface area (Å²) in [6.45, 7) is 2.69. The predicted molar refractivity (Wildman–Crippen MR) is 117 cm³/mol. The van der Waals surface area contributed by atoms with E-state index in [4.69, 9.17) is 10.6 Å². The monoisotopic (exact) mass is 439 g/mol. The van der Waals surface area contributed by atoms with E-state index >= 15 is 0 Å². The van der Waals surface area contributed by atoms with Gasteiger partial charge in [0.25, 0.3) is 17.7 Å². The van der Waals surface area contributed by atoms with Gasteiger partial charge >= 0.3 is 0 Å². The fourth-order valence-corrected chi connectivity index (χ4v) is 3.43.